The number of ketones is 1. The lowest BCUT2D eigenvalue weighted by Gasteiger charge is -2.38. The summed E-state index contributed by atoms with van der Waals surface area (Å²) < 4.78 is 15.5. The molecule has 0 saturated carbocycles. The number of esters is 1. The molecule has 2 aliphatic heterocycles. The van der Waals surface area contributed by atoms with Crippen LogP contribution < -0.4 is 4.74 Å². The quantitative estimate of drug-likeness (QED) is 0.465. The number of hydrogen-bond acceptors (Lipinski definition) is 9. The summed E-state index contributed by atoms with van der Waals surface area (Å²) in [6, 6.07) is 11.7. The predicted octanol–water partition coefficient (Wildman–Crippen LogP) is -0.212. The van der Waals surface area contributed by atoms with Gasteiger partial charge >= 0.3 is 11.9 Å². The number of fused-ring (bicyclic) bond motifs is 2. The molecule has 0 aromatic heterocycles. The number of benzene rings is 2. The van der Waals surface area contributed by atoms with Gasteiger partial charge < -0.3 is 34.6 Å². The molecule has 0 aliphatic carbocycles. The Morgan fingerprint density at radius 2 is 1.78 bits per heavy atom. The van der Waals surface area contributed by atoms with Crippen LogP contribution in [-0.4, -0.2) is 68.9 Å². The molecule has 0 radical (unpaired) electrons. The second-order valence-electron chi connectivity index (χ2n) is 7.50. The summed E-state index contributed by atoms with van der Waals surface area (Å²) in [6.07, 6.45) is -9.61. The Hall–Kier alpha value is -3.31. The summed E-state index contributed by atoms with van der Waals surface area (Å²) in [4.78, 5) is 36.4. The van der Waals surface area contributed by atoms with Crippen LogP contribution in [0.3, 0.4) is 0 Å². The normalized spacial score (nSPS) is 26.8. The number of carbonyl (C=O) groups excluding carboxylic acids is 2. The molecule has 1 fully saturated rings. The Labute approximate surface area is 181 Å². The number of carbonyl (C=O) groups is 3. The van der Waals surface area contributed by atoms with E-state index in [1.807, 2.05) is 0 Å². The van der Waals surface area contributed by atoms with E-state index in [4.69, 9.17) is 19.3 Å². The zero-order valence-electron chi connectivity index (χ0n) is 16.6. The first-order valence-electron chi connectivity index (χ1n) is 9.76. The van der Waals surface area contributed by atoms with Crippen molar-refractivity contribution in [1.82, 2.24) is 0 Å². The van der Waals surface area contributed by atoms with E-state index in [1.165, 1.54) is 6.07 Å². The Morgan fingerprint density at radius 3 is 2.53 bits per heavy atom. The molecule has 2 heterocycles. The largest absolute Gasteiger partial charge is 0.488 e. The van der Waals surface area contributed by atoms with Gasteiger partial charge in [0.25, 0.3) is 0 Å². The maximum absolute atomic E-state index is 12.9. The van der Waals surface area contributed by atoms with E-state index in [1.54, 1.807) is 36.4 Å². The van der Waals surface area contributed by atoms with Gasteiger partial charge in [0.15, 0.2) is 24.3 Å². The van der Waals surface area contributed by atoms with Crippen LogP contribution in [0.5, 0.6) is 5.75 Å². The predicted molar refractivity (Wildman–Crippen MR) is 105 cm³/mol. The summed E-state index contributed by atoms with van der Waals surface area (Å²) in [5.74, 6) is -2.35. The number of rotatable bonds is 4. The number of aliphatic hydroxyl groups is 3. The number of aliphatic carboxylic acids is 1. The molecule has 1 saturated heterocycles. The summed E-state index contributed by atoms with van der Waals surface area (Å²) in [5.41, 5.74) is 1.93. The van der Waals surface area contributed by atoms with Crippen LogP contribution in [0, 0.1) is 0 Å². The molecule has 0 bridgehead atoms. The smallest absolute Gasteiger partial charge is 0.335 e. The Balaban J connectivity index is 1.48. The molecular formula is C22H20O10. The molecule has 168 valence electrons. The lowest BCUT2D eigenvalue weighted by Crippen LogP contribution is -2.60. The van der Waals surface area contributed by atoms with Crippen LogP contribution in [0.2, 0.25) is 0 Å². The molecule has 0 spiro atoms. The van der Waals surface area contributed by atoms with E-state index in [0.717, 1.165) is 5.56 Å². The van der Waals surface area contributed by atoms with Crippen LogP contribution in [0.1, 0.15) is 27.0 Å². The van der Waals surface area contributed by atoms with Crippen LogP contribution in [0.15, 0.2) is 42.5 Å². The highest BCUT2D eigenvalue weighted by molar-refractivity contribution is 6.12. The minimum atomic E-state index is -1.95. The fourth-order valence-corrected chi connectivity index (χ4v) is 3.70. The van der Waals surface area contributed by atoms with Gasteiger partial charge in [0.2, 0.25) is 0 Å². The van der Waals surface area contributed by atoms with E-state index in [0.29, 0.717) is 16.9 Å². The minimum Gasteiger partial charge on any atom is -0.488 e. The van der Waals surface area contributed by atoms with Crippen molar-refractivity contribution in [2.24, 2.45) is 0 Å². The number of carboxylic acid groups (broad SMARTS) is 1. The number of aliphatic hydroxyl groups excluding tert-OH is 3. The molecule has 10 heteroatoms. The minimum absolute atomic E-state index is 0.230. The first kappa shape index (κ1) is 21.9. The van der Waals surface area contributed by atoms with Gasteiger partial charge in [-0.2, -0.15) is 0 Å². The van der Waals surface area contributed by atoms with Gasteiger partial charge in [-0.1, -0.05) is 30.3 Å². The van der Waals surface area contributed by atoms with Gasteiger partial charge in [0, 0.05) is 11.1 Å². The van der Waals surface area contributed by atoms with E-state index in [2.05, 4.69) is 0 Å². The second kappa shape index (κ2) is 8.67. The van der Waals surface area contributed by atoms with Gasteiger partial charge in [-0.15, -0.1) is 0 Å². The molecule has 10 nitrogen and oxygen atoms in total. The van der Waals surface area contributed by atoms with Crippen LogP contribution in [-0.2, 0) is 32.1 Å². The third-order valence-electron chi connectivity index (χ3n) is 5.36. The zero-order chi connectivity index (χ0) is 23.0. The first-order valence-corrected chi connectivity index (χ1v) is 9.76. The Morgan fingerprint density at radius 1 is 1.03 bits per heavy atom. The number of ether oxygens (including phenoxy) is 3. The van der Waals surface area contributed by atoms with Crippen molar-refractivity contribution in [2.75, 3.05) is 0 Å². The Bertz CT molecular complexity index is 1060. The van der Waals surface area contributed by atoms with Gasteiger partial charge in [0.1, 0.15) is 24.6 Å². The van der Waals surface area contributed by atoms with Gasteiger partial charge in [-0.05, 0) is 17.7 Å². The second-order valence-corrected chi connectivity index (χ2v) is 7.50. The standard InChI is InChI=1S/C22H20O10/c23-15(31-20-18(26)17(25)19(21(27)28)32-22(20)29)8-10-5-6-14-13(7-10)16(24)12-4-2-1-3-11(12)9-30-14/h1-7,17-20,22,25-26,29H,8-9H2,(H,27,28)/t17-,18-,19-,20+,22+/m0/s1. The molecule has 32 heavy (non-hydrogen) atoms. The number of carboxylic acids is 1. The molecule has 0 amide bonds. The SMILES string of the molecule is O=C(Cc1ccc2c(c1)C(=O)c1ccccc1CO2)O[C@@H]1[C@@H](O)[C@H](O)[C@@H](C(=O)O)O[C@H]1O. The van der Waals surface area contributed by atoms with Gasteiger partial charge in [0.05, 0.1) is 12.0 Å². The third kappa shape index (κ3) is 4.08. The lowest BCUT2D eigenvalue weighted by molar-refractivity contribution is -0.284. The van der Waals surface area contributed by atoms with Gasteiger partial charge in [-0.3, -0.25) is 9.59 Å². The van der Waals surface area contributed by atoms with Crippen LogP contribution in [0.4, 0.5) is 0 Å². The molecule has 0 unspecified atom stereocenters. The maximum Gasteiger partial charge on any atom is 0.335 e. The van der Waals surface area contributed by atoms with E-state index < -0.39 is 42.6 Å². The topological polar surface area (TPSA) is 160 Å². The van der Waals surface area contributed by atoms with E-state index in [-0.39, 0.29) is 24.4 Å². The van der Waals surface area contributed by atoms with Crippen molar-refractivity contribution in [2.45, 2.75) is 43.7 Å². The molecule has 2 aliphatic rings. The van der Waals surface area contributed by atoms with Crippen LogP contribution >= 0.6 is 0 Å². The van der Waals surface area contributed by atoms with Gasteiger partial charge in [-0.25, -0.2) is 4.79 Å². The zero-order valence-corrected chi connectivity index (χ0v) is 16.6. The average molecular weight is 444 g/mol. The molecular weight excluding hydrogens is 424 g/mol. The highest BCUT2D eigenvalue weighted by atomic mass is 16.7. The highest BCUT2D eigenvalue weighted by Crippen LogP contribution is 2.30. The van der Waals surface area contributed by atoms with E-state index >= 15 is 0 Å². The summed E-state index contributed by atoms with van der Waals surface area (Å²) >= 11 is 0. The molecule has 2 aromatic rings. The molecule has 4 rings (SSSR count). The Kier molecular flexibility index (Phi) is 5.94. The monoisotopic (exact) mass is 444 g/mol. The van der Waals surface area contributed by atoms with Crippen molar-refractivity contribution < 1.29 is 49.0 Å². The van der Waals surface area contributed by atoms with Crippen molar-refractivity contribution in [3.63, 3.8) is 0 Å². The summed E-state index contributed by atoms with van der Waals surface area (Å²) in [6.45, 7) is 0.230. The third-order valence-corrected chi connectivity index (χ3v) is 5.36. The first-order chi connectivity index (χ1) is 15.3. The average Bonchev–Trinajstić information content (AvgIpc) is 2.90. The molecule has 2 aromatic carbocycles. The summed E-state index contributed by atoms with van der Waals surface area (Å²) in [7, 11) is 0. The molecule has 4 N–H and O–H groups in total. The highest BCUT2D eigenvalue weighted by Gasteiger charge is 2.49. The maximum atomic E-state index is 12.9. The van der Waals surface area contributed by atoms with E-state index in [9.17, 15) is 29.7 Å². The van der Waals surface area contributed by atoms with Crippen molar-refractivity contribution in [3.05, 3.63) is 64.7 Å². The van der Waals surface area contributed by atoms with Crippen LogP contribution in [0.25, 0.3) is 0 Å². The lowest BCUT2D eigenvalue weighted by atomic mass is 9.97. The molecule has 5 atom stereocenters. The fraction of sp³-hybridized carbons (Fsp3) is 0.318. The fourth-order valence-electron chi connectivity index (χ4n) is 3.70. The number of hydrogen-bond donors (Lipinski definition) is 4. The van der Waals surface area contributed by atoms with Crippen molar-refractivity contribution in [3.8, 4) is 5.75 Å². The summed E-state index contributed by atoms with van der Waals surface area (Å²) in [5, 5.41) is 38.8. The van der Waals surface area contributed by atoms with Crippen molar-refractivity contribution >= 4 is 17.7 Å². The van der Waals surface area contributed by atoms with Crippen molar-refractivity contribution in [1.29, 1.82) is 0 Å².